The van der Waals surface area contributed by atoms with E-state index in [-0.39, 0.29) is 16.8 Å². The van der Waals surface area contributed by atoms with E-state index in [1.54, 1.807) is 13.8 Å². The Hall–Kier alpha value is -2.50. The van der Waals surface area contributed by atoms with Crippen LogP contribution in [0, 0.1) is 24.0 Å². The molecule has 0 bridgehead atoms. The topological polar surface area (TPSA) is 93.3 Å². The predicted molar refractivity (Wildman–Crippen MR) is 64.8 cm³/mol. The highest BCUT2D eigenvalue weighted by atomic mass is 16.6. The molecule has 0 aliphatic heterocycles. The van der Waals surface area contributed by atoms with Gasteiger partial charge in [0.1, 0.15) is 5.52 Å². The summed E-state index contributed by atoms with van der Waals surface area (Å²) < 4.78 is 0. The van der Waals surface area contributed by atoms with Gasteiger partial charge in [-0.3, -0.25) is 10.1 Å². The van der Waals surface area contributed by atoms with Gasteiger partial charge in [-0.15, -0.1) is 0 Å². The van der Waals surface area contributed by atoms with Crippen LogP contribution in [0.15, 0.2) is 18.2 Å². The van der Waals surface area contributed by atoms with Gasteiger partial charge in [0.25, 0.3) is 5.69 Å². The van der Waals surface area contributed by atoms with Gasteiger partial charge in [-0.25, -0.2) is 9.78 Å². The van der Waals surface area contributed by atoms with Crippen LogP contribution in [0.1, 0.15) is 21.6 Å². The molecule has 18 heavy (non-hydrogen) atoms. The number of aromatic nitrogens is 1. The molecule has 1 aromatic heterocycles. The summed E-state index contributed by atoms with van der Waals surface area (Å²) in [5.74, 6) is -1.12. The second-order valence-electron chi connectivity index (χ2n) is 4.00. The molecule has 92 valence electrons. The molecule has 2 rings (SSSR count). The average molecular weight is 246 g/mol. The molecule has 0 fully saturated rings. The van der Waals surface area contributed by atoms with Crippen molar-refractivity contribution in [3.63, 3.8) is 0 Å². The van der Waals surface area contributed by atoms with Crippen LogP contribution in [0.25, 0.3) is 10.9 Å². The summed E-state index contributed by atoms with van der Waals surface area (Å²) in [6.45, 7) is 3.31. The first-order valence-corrected chi connectivity index (χ1v) is 5.20. The number of nitro benzene ring substituents is 1. The van der Waals surface area contributed by atoms with Crippen LogP contribution in [0.4, 0.5) is 5.69 Å². The number of non-ortho nitro benzene ring substituents is 1. The van der Waals surface area contributed by atoms with Crippen molar-refractivity contribution < 1.29 is 14.8 Å². The van der Waals surface area contributed by atoms with E-state index in [1.807, 2.05) is 0 Å². The quantitative estimate of drug-likeness (QED) is 0.648. The van der Waals surface area contributed by atoms with Crippen molar-refractivity contribution in [1.82, 2.24) is 4.98 Å². The maximum Gasteiger partial charge on any atom is 0.336 e. The Kier molecular flexibility index (Phi) is 2.70. The van der Waals surface area contributed by atoms with Crippen LogP contribution < -0.4 is 0 Å². The van der Waals surface area contributed by atoms with E-state index in [0.29, 0.717) is 16.6 Å². The second-order valence-corrected chi connectivity index (χ2v) is 4.00. The standard InChI is InChI=1S/C12H10N2O4/c1-6-3-4-9(14(17)18)11-10(6)8(12(15)16)5-7(2)13-11/h3-5H,1-2H3,(H,15,16). The summed E-state index contributed by atoms with van der Waals surface area (Å²) in [7, 11) is 0. The molecule has 0 aliphatic carbocycles. The van der Waals surface area contributed by atoms with Crippen molar-refractivity contribution in [2.75, 3.05) is 0 Å². The number of nitro groups is 1. The number of aryl methyl sites for hydroxylation is 2. The molecule has 6 nitrogen and oxygen atoms in total. The molecule has 1 heterocycles. The van der Waals surface area contributed by atoms with Gasteiger partial charge in [-0.05, 0) is 25.5 Å². The van der Waals surface area contributed by atoms with E-state index in [9.17, 15) is 14.9 Å². The lowest BCUT2D eigenvalue weighted by Crippen LogP contribution is -2.03. The number of fused-ring (bicyclic) bond motifs is 1. The SMILES string of the molecule is Cc1cc(C(=O)O)c2c(C)ccc([N+](=O)[O-])c2n1. The van der Waals surface area contributed by atoms with E-state index in [1.165, 1.54) is 18.2 Å². The molecule has 1 N–H and O–H groups in total. The molecular weight excluding hydrogens is 236 g/mol. The van der Waals surface area contributed by atoms with Crippen LogP contribution in [-0.4, -0.2) is 21.0 Å². The molecule has 0 atom stereocenters. The number of benzene rings is 1. The molecule has 1 aromatic carbocycles. The smallest absolute Gasteiger partial charge is 0.336 e. The molecule has 0 radical (unpaired) electrons. The van der Waals surface area contributed by atoms with Crippen molar-refractivity contribution in [2.45, 2.75) is 13.8 Å². The molecule has 0 saturated carbocycles. The Labute approximate surface area is 102 Å². The van der Waals surface area contributed by atoms with E-state index in [4.69, 9.17) is 5.11 Å². The van der Waals surface area contributed by atoms with Crippen molar-refractivity contribution in [1.29, 1.82) is 0 Å². The van der Waals surface area contributed by atoms with Crippen LogP contribution in [0.5, 0.6) is 0 Å². The summed E-state index contributed by atoms with van der Waals surface area (Å²) in [5.41, 5.74) is 1.08. The van der Waals surface area contributed by atoms with Gasteiger partial charge >= 0.3 is 5.97 Å². The Morgan fingerprint density at radius 1 is 1.39 bits per heavy atom. The van der Waals surface area contributed by atoms with E-state index >= 15 is 0 Å². The number of carboxylic acids is 1. The third-order valence-corrected chi connectivity index (χ3v) is 2.70. The van der Waals surface area contributed by atoms with Crippen LogP contribution in [0.2, 0.25) is 0 Å². The zero-order valence-electron chi connectivity index (χ0n) is 9.80. The number of carbonyl (C=O) groups is 1. The molecule has 0 unspecified atom stereocenters. The lowest BCUT2D eigenvalue weighted by Gasteiger charge is -2.07. The van der Waals surface area contributed by atoms with Gasteiger partial charge in [-0.2, -0.15) is 0 Å². The molecule has 0 amide bonds. The number of hydrogen-bond donors (Lipinski definition) is 1. The van der Waals surface area contributed by atoms with E-state index < -0.39 is 10.9 Å². The van der Waals surface area contributed by atoms with E-state index in [2.05, 4.69) is 4.98 Å². The highest BCUT2D eigenvalue weighted by Gasteiger charge is 2.20. The zero-order chi connectivity index (χ0) is 13.4. The summed E-state index contributed by atoms with van der Waals surface area (Å²) in [6.07, 6.45) is 0. The maximum atomic E-state index is 11.2. The first-order valence-electron chi connectivity index (χ1n) is 5.20. The average Bonchev–Trinajstić information content (AvgIpc) is 2.27. The Balaban J connectivity index is 3.01. The summed E-state index contributed by atoms with van der Waals surface area (Å²) in [4.78, 5) is 25.7. The fourth-order valence-electron chi connectivity index (χ4n) is 1.94. The lowest BCUT2D eigenvalue weighted by molar-refractivity contribution is -0.383. The summed E-state index contributed by atoms with van der Waals surface area (Å²) in [5, 5.41) is 20.4. The molecular formula is C12H10N2O4. The first kappa shape index (κ1) is 12.0. The van der Waals surface area contributed by atoms with Crippen LogP contribution in [-0.2, 0) is 0 Å². The number of pyridine rings is 1. The monoisotopic (exact) mass is 246 g/mol. The normalized spacial score (nSPS) is 10.6. The Bertz CT molecular complexity index is 679. The van der Waals surface area contributed by atoms with Crippen molar-refractivity contribution in [3.8, 4) is 0 Å². The summed E-state index contributed by atoms with van der Waals surface area (Å²) >= 11 is 0. The highest BCUT2D eigenvalue weighted by Crippen LogP contribution is 2.29. The van der Waals surface area contributed by atoms with Crippen LogP contribution in [0.3, 0.4) is 0 Å². The largest absolute Gasteiger partial charge is 0.478 e. The Morgan fingerprint density at radius 3 is 2.61 bits per heavy atom. The van der Waals surface area contributed by atoms with Crippen molar-refractivity contribution in [3.05, 3.63) is 45.1 Å². The summed E-state index contributed by atoms with van der Waals surface area (Å²) in [6, 6.07) is 4.29. The van der Waals surface area contributed by atoms with Gasteiger partial charge < -0.3 is 5.11 Å². The minimum Gasteiger partial charge on any atom is -0.478 e. The number of carboxylic acid groups (broad SMARTS) is 1. The number of hydrogen-bond acceptors (Lipinski definition) is 4. The fraction of sp³-hybridized carbons (Fsp3) is 0.167. The fourth-order valence-corrected chi connectivity index (χ4v) is 1.94. The number of aromatic carboxylic acids is 1. The zero-order valence-corrected chi connectivity index (χ0v) is 9.80. The van der Waals surface area contributed by atoms with Gasteiger partial charge in [0, 0.05) is 17.1 Å². The van der Waals surface area contributed by atoms with Crippen molar-refractivity contribution in [2.24, 2.45) is 0 Å². The minimum absolute atomic E-state index is 0.0405. The van der Waals surface area contributed by atoms with Gasteiger partial charge in [0.15, 0.2) is 0 Å². The van der Waals surface area contributed by atoms with Gasteiger partial charge in [0.05, 0.1) is 10.5 Å². The molecule has 6 heteroatoms. The number of nitrogens with zero attached hydrogens (tertiary/aromatic N) is 2. The minimum atomic E-state index is -1.12. The third-order valence-electron chi connectivity index (χ3n) is 2.70. The number of rotatable bonds is 2. The third kappa shape index (κ3) is 1.77. The maximum absolute atomic E-state index is 11.2. The van der Waals surface area contributed by atoms with Crippen LogP contribution >= 0.6 is 0 Å². The molecule has 0 saturated heterocycles. The molecule has 0 aliphatic rings. The second kappa shape index (κ2) is 4.06. The molecule has 2 aromatic rings. The van der Waals surface area contributed by atoms with Crippen molar-refractivity contribution >= 4 is 22.6 Å². The Morgan fingerprint density at radius 2 is 2.06 bits per heavy atom. The highest BCUT2D eigenvalue weighted by molar-refractivity contribution is 6.06. The van der Waals surface area contributed by atoms with Gasteiger partial charge in [-0.1, -0.05) is 6.07 Å². The molecule has 0 spiro atoms. The lowest BCUT2D eigenvalue weighted by atomic mass is 10.0. The first-order chi connectivity index (χ1) is 8.41. The predicted octanol–water partition coefficient (Wildman–Crippen LogP) is 2.46. The van der Waals surface area contributed by atoms with E-state index in [0.717, 1.165) is 0 Å². The van der Waals surface area contributed by atoms with Gasteiger partial charge in [0.2, 0.25) is 0 Å².